The van der Waals surface area contributed by atoms with Crippen molar-refractivity contribution < 1.29 is 33.4 Å². The highest BCUT2D eigenvalue weighted by Crippen LogP contribution is 2.39. The van der Waals surface area contributed by atoms with Gasteiger partial charge in [0.15, 0.2) is 23.0 Å². The summed E-state index contributed by atoms with van der Waals surface area (Å²) in [6.07, 6.45) is 0.804. The number of carbonyl (C=O) groups excluding carboxylic acids is 1. The van der Waals surface area contributed by atoms with Crippen LogP contribution < -0.4 is 23.7 Å². The third kappa shape index (κ3) is 5.59. The predicted octanol–water partition coefficient (Wildman–Crippen LogP) is 4.38. The van der Waals surface area contributed by atoms with Crippen LogP contribution in [0.4, 0.5) is 5.69 Å². The van der Waals surface area contributed by atoms with Crippen LogP contribution in [0.2, 0.25) is 0 Å². The number of nitro groups is 1. The second-order valence-corrected chi connectivity index (χ2v) is 8.69. The molecule has 0 fully saturated rings. The quantitative estimate of drug-likeness (QED) is 0.285. The molecule has 3 aromatic carbocycles. The lowest BCUT2D eigenvalue weighted by molar-refractivity contribution is -0.384. The molecule has 0 aromatic heterocycles. The van der Waals surface area contributed by atoms with Crippen molar-refractivity contribution in [1.82, 2.24) is 4.90 Å². The molecule has 38 heavy (non-hydrogen) atoms. The van der Waals surface area contributed by atoms with Gasteiger partial charge in [-0.05, 0) is 59.5 Å². The summed E-state index contributed by atoms with van der Waals surface area (Å²) in [4.78, 5) is 26.0. The van der Waals surface area contributed by atoms with Gasteiger partial charge in [-0.1, -0.05) is 6.07 Å². The van der Waals surface area contributed by atoms with E-state index in [1.165, 1.54) is 12.1 Å². The molecule has 3 aromatic rings. The third-order valence-corrected chi connectivity index (χ3v) is 6.58. The molecular formula is C28H30N2O8. The average Bonchev–Trinajstić information content (AvgIpc) is 2.94. The second-order valence-electron chi connectivity index (χ2n) is 8.69. The Balaban J connectivity index is 1.63. The van der Waals surface area contributed by atoms with E-state index in [1.54, 1.807) is 57.6 Å². The number of amides is 1. The van der Waals surface area contributed by atoms with Crippen molar-refractivity contribution in [3.8, 4) is 28.7 Å². The Bertz CT molecular complexity index is 1310. The largest absolute Gasteiger partial charge is 0.493 e. The summed E-state index contributed by atoms with van der Waals surface area (Å²) >= 11 is 0. The number of ether oxygens (including phenoxy) is 5. The van der Waals surface area contributed by atoms with Crippen LogP contribution in [0.1, 0.15) is 22.7 Å². The molecule has 0 aliphatic carbocycles. The minimum atomic E-state index is -0.463. The second kappa shape index (κ2) is 11.7. The minimum Gasteiger partial charge on any atom is -0.493 e. The third-order valence-electron chi connectivity index (χ3n) is 6.58. The van der Waals surface area contributed by atoms with E-state index < -0.39 is 11.0 Å². The van der Waals surface area contributed by atoms with Crippen LogP contribution in [0, 0.1) is 10.1 Å². The fourth-order valence-corrected chi connectivity index (χ4v) is 4.61. The van der Waals surface area contributed by atoms with Gasteiger partial charge in [-0.2, -0.15) is 0 Å². The lowest BCUT2D eigenvalue weighted by Crippen LogP contribution is -2.43. The Labute approximate surface area is 220 Å². The molecule has 1 aliphatic rings. The summed E-state index contributed by atoms with van der Waals surface area (Å²) in [6, 6.07) is 14.7. The molecule has 1 amide bonds. The molecule has 0 spiro atoms. The van der Waals surface area contributed by atoms with E-state index in [-0.39, 0.29) is 24.6 Å². The Hall–Kier alpha value is -4.47. The Morgan fingerprint density at radius 1 is 0.895 bits per heavy atom. The number of methoxy groups -OCH3 is 4. The Kier molecular flexibility index (Phi) is 8.20. The van der Waals surface area contributed by atoms with Crippen molar-refractivity contribution in [2.45, 2.75) is 18.9 Å². The SMILES string of the molecule is COc1ccc(CC(=O)N2CCc3cc(OC)c(OC)cc3[C@@H]2COc2ccc([N+](=O)[O-])cc2)cc1OC. The molecule has 0 N–H and O–H groups in total. The summed E-state index contributed by atoms with van der Waals surface area (Å²) in [5, 5.41) is 11.0. The van der Waals surface area contributed by atoms with Crippen molar-refractivity contribution in [3.05, 3.63) is 81.4 Å². The van der Waals surface area contributed by atoms with Gasteiger partial charge in [0.05, 0.1) is 45.8 Å². The number of hydrogen-bond acceptors (Lipinski definition) is 8. The number of nitrogens with zero attached hydrogens (tertiary/aromatic N) is 2. The molecule has 0 radical (unpaired) electrons. The van der Waals surface area contributed by atoms with Crippen LogP contribution in [-0.2, 0) is 17.6 Å². The normalized spacial score (nSPS) is 14.3. The number of benzene rings is 3. The van der Waals surface area contributed by atoms with Gasteiger partial charge in [0.2, 0.25) is 5.91 Å². The van der Waals surface area contributed by atoms with Crippen molar-refractivity contribution in [2.75, 3.05) is 41.6 Å². The summed E-state index contributed by atoms with van der Waals surface area (Å²) in [6.45, 7) is 0.640. The number of fused-ring (bicyclic) bond motifs is 1. The first-order valence-electron chi connectivity index (χ1n) is 12.0. The van der Waals surface area contributed by atoms with Gasteiger partial charge in [-0.15, -0.1) is 0 Å². The highest BCUT2D eigenvalue weighted by molar-refractivity contribution is 5.80. The van der Waals surface area contributed by atoms with Gasteiger partial charge in [0, 0.05) is 18.7 Å². The van der Waals surface area contributed by atoms with Crippen LogP contribution in [0.5, 0.6) is 28.7 Å². The first-order valence-corrected chi connectivity index (χ1v) is 12.0. The van der Waals surface area contributed by atoms with E-state index in [4.69, 9.17) is 23.7 Å². The zero-order valence-corrected chi connectivity index (χ0v) is 21.8. The van der Waals surface area contributed by atoms with Gasteiger partial charge in [-0.25, -0.2) is 0 Å². The molecule has 1 aliphatic heterocycles. The average molecular weight is 523 g/mol. The van der Waals surface area contributed by atoms with E-state index in [0.29, 0.717) is 41.7 Å². The molecule has 1 atom stereocenters. The van der Waals surface area contributed by atoms with Gasteiger partial charge in [0.25, 0.3) is 5.69 Å². The van der Waals surface area contributed by atoms with E-state index in [0.717, 1.165) is 16.7 Å². The van der Waals surface area contributed by atoms with E-state index in [2.05, 4.69) is 0 Å². The maximum Gasteiger partial charge on any atom is 0.269 e. The van der Waals surface area contributed by atoms with Crippen molar-refractivity contribution >= 4 is 11.6 Å². The van der Waals surface area contributed by atoms with Gasteiger partial charge >= 0.3 is 0 Å². The Morgan fingerprint density at radius 2 is 1.53 bits per heavy atom. The van der Waals surface area contributed by atoms with Crippen molar-refractivity contribution in [3.63, 3.8) is 0 Å². The van der Waals surface area contributed by atoms with Crippen LogP contribution in [0.15, 0.2) is 54.6 Å². The number of rotatable bonds is 10. The van der Waals surface area contributed by atoms with Crippen LogP contribution in [-0.4, -0.2) is 57.3 Å². The summed E-state index contributed by atoms with van der Waals surface area (Å²) < 4.78 is 27.7. The highest BCUT2D eigenvalue weighted by Gasteiger charge is 2.33. The van der Waals surface area contributed by atoms with Gasteiger partial charge < -0.3 is 28.6 Å². The predicted molar refractivity (Wildman–Crippen MR) is 140 cm³/mol. The van der Waals surface area contributed by atoms with Crippen LogP contribution >= 0.6 is 0 Å². The molecule has 0 saturated carbocycles. The molecule has 0 unspecified atom stereocenters. The smallest absolute Gasteiger partial charge is 0.269 e. The van der Waals surface area contributed by atoms with Gasteiger partial charge in [0.1, 0.15) is 12.4 Å². The van der Waals surface area contributed by atoms with Crippen LogP contribution in [0.3, 0.4) is 0 Å². The molecule has 0 bridgehead atoms. The molecule has 4 rings (SSSR count). The molecule has 10 nitrogen and oxygen atoms in total. The Morgan fingerprint density at radius 3 is 2.16 bits per heavy atom. The standard InChI is InChI=1S/C28H30N2O8/c1-34-24-10-5-18(13-25(24)35-2)14-28(31)29-12-11-19-15-26(36-3)27(37-4)16-22(19)23(29)17-38-21-8-6-20(7-9-21)30(32)33/h5-10,13,15-16,23H,11-12,14,17H2,1-4H3/t23-/m0/s1. The molecule has 10 heteroatoms. The number of hydrogen-bond donors (Lipinski definition) is 0. The first-order chi connectivity index (χ1) is 18.4. The van der Waals surface area contributed by atoms with E-state index in [1.807, 2.05) is 18.2 Å². The monoisotopic (exact) mass is 522 g/mol. The van der Waals surface area contributed by atoms with Crippen molar-refractivity contribution in [2.24, 2.45) is 0 Å². The van der Waals surface area contributed by atoms with Crippen LogP contribution in [0.25, 0.3) is 0 Å². The summed E-state index contributed by atoms with van der Waals surface area (Å²) in [7, 11) is 6.27. The maximum absolute atomic E-state index is 13.6. The molecule has 200 valence electrons. The zero-order valence-electron chi connectivity index (χ0n) is 21.8. The van der Waals surface area contributed by atoms with Gasteiger partial charge in [-0.3, -0.25) is 14.9 Å². The topological polar surface area (TPSA) is 110 Å². The lowest BCUT2D eigenvalue weighted by atomic mass is 9.91. The van der Waals surface area contributed by atoms with Crippen molar-refractivity contribution in [1.29, 1.82) is 0 Å². The van der Waals surface area contributed by atoms with E-state index in [9.17, 15) is 14.9 Å². The number of nitro benzene ring substituents is 1. The number of carbonyl (C=O) groups is 1. The summed E-state index contributed by atoms with van der Waals surface area (Å²) in [5.41, 5.74) is 2.70. The maximum atomic E-state index is 13.6. The highest BCUT2D eigenvalue weighted by atomic mass is 16.6. The molecular weight excluding hydrogens is 492 g/mol. The molecule has 0 saturated heterocycles. The zero-order chi connectivity index (χ0) is 27.2. The lowest BCUT2D eigenvalue weighted by Gasteiger charge is -2.37. The fourth-order valence-electron chi connectivity index (χ4n) is 4.61. The first kappa shape index (κ1) is 26.6. The van der Waals surface area contributed by atoms with E-state index >= 15 is 0 Å². The summed E-state index contributed by atoms with van der Waals surface area (Å²) in [5.74, 6) is 2.71. The number of non-ortho nitro benzene ring substituents is 1. The molecule has 1 heterocycles. The minimum absolute atomic E-state index is 0.0242. The fraction of sp³-hybridized carbons (Fsp3) is 0.321.